The zero-order valence-electron chi connectivity index (χ0n) is 11.5. The van der Waals surface area contributed by atoms with Crippen LogP contribution in [0.4, 0.5) is 11.5 Å². The van der Waals surface area contributed by atoms with E-state index in [1.165, 1.54) is 5.56 Å². The first-order valence-electron chi connectivity index (χ1n) is 6.38. The number of rotatable bonds is 4. The van der Waals surface area contributed by atoms with Crippen molar-refractivity contribution in [3.63, 3.8) is 0 Å². The normalized spacial score (nSPS) is 10.5. The summed E-state index contributed by atoms with van der Waals surface area (Å²) in [7, 11) is 0. The van der Waals surface area contributed by atoms with Gasteiger partial charge >= 0.3 is 0 Å². The Hall–Kier alpha value is -1.61. The van der Waals surface area contributed by atoms with Crippen LogP contribution in [0.15, 0.2) is 30.5 Å². The average Bonchev–Trinajstić information content (AvgIpc) is 2.42. The fourth-order valence-electron chi connectivity index (χ4n) is 1.99. The Balaban J connectivity index is 2.47. The SMILES string of the molecule is CCN(c1ccc(C)cc1)c1nc(C)ncc1CCl. The maximum atomic E-state index is 5.99. The van der Waals surface area contributed by atoms with Crippen LogP contribution in [0.2, 0.25) is 0 Å². The highest BCUT2D eigenvalue weighted by Crippen LogP contribution is 2.27. The van der Waals surface area contributed by atoms with Crippen molar-refractivity contribution < 1.29 is 0 Å². The minimum absolute atomic E-state index is 0.415. The van der Waals surface area contributed by atoms with E-state index in [1.54, 1.807) is 0 Å². The van der Waals surface area contributed by atoms with Crippen LogP contribution in [0, 0.1) is 13.8 Å². The maximum Gasteiger partial charge on any atom is 0.141 e. The fourth-order valence-corrected chi connectivity index (χ4v) is 2.18. The van der Waals surface area contributed by atoms with E-state index < -0.39 is 0 Å². The molecule has 0 amide bonds. The molecule has 100 valence electrons. The van der Waals surface area contributed by atoms with Crippen molar-refractivity contribution in [3.05, 3.63) is 47.4 Å². The first-order valence-corrected chi connectivity index (χ1v) is 6.91. The predicted octanol–water partition coefficient (Wildman–Crippen LogP) is 3.99. The van der Waals surface area contributed by atoms with E-state index in [0.717, 1.165) is 29.4 Å². The number of aryl methyl sites for hydroxylation is 2. The van der Waals surface area contributed by atoms with Crippen LogP contribution in [0.5, 0.6) is 0 Å². The first kappa shape index (κ1) is 13.8. The van der Waals surface area contributed by atoms with E-state index in [2.05, 4.69) is 53.0 Å². The van der Waals surface area contributed by atoms with Crippen molar-refractivity contribution in [2.24, 2.45) is 0 Å². The van der Waals surface area contributed by atoms with Gasteiger partial charge < -0.3 is 4.90 Å². The first-order chi connectivity index (χ1) is 9.15. The van der Waals surface area contributed by atoms with Crippen LogP contribution >= 0.6 is 11.6 Å². The van der Waals surface area contributed by atoms with Gasteiger partial charge in [0.1, 0.15) is 11.6 Å². The van der Waals surface area contributed by atoms with E-state index in [9.17, 15) is 0 Å². The van der Waals surface area contributed by atoms with E-state index in [-0.39, 0.29) is 0 Å². The van der Waals surface area contributed by atoms with Gasteiger partial charge in [0.15, 0.2) is 0 Å². The lowest BCUT2D eigenvalue weighted by Gasteiger charge is -2.24. The van der Waals surface area contributed by atoms with Gasteiger partial charge in [-0.05, 0) is 32.9 Å². The van der Waals surface area contributed by atoms with E-state index in [1.807, 2.05) is 13.1 Å². The zero-order valence-corrected chi connectivity index (χ0v) is 12.3. The van der Waals surface area contributed by atoms with Gasteiger partial charge in [-0.25, -0.2) is 9.97 Å². The molecule has 0 aliphatic carbocycles. The van der Waals surface area contributed by atoms with E-state index in [4.69, 9.17) is 11.6 Å². The molecule has 0 aliphatic rings. The number of aromatic nitrogens is 2. The smallest absolute Gasteiger partial charge is 0.141 e. The van der Waals surface area contributed by atoms with Gasteiger partial charge in [0, 0.05) is 24.0 Å². The average molecular weight is 276 g/mol. The lowest BCUT2D eigenvalue weighted by atomic mass is 10.2. The molecular formula is C15H18ClN3. The number of halogens is 1. The molecule has 0 saturated carbocycles. The van der Waals surface area contributed by atoms with Gasteiger partial charge in [-0.2, -0.15) is 0 Å². The van der Waals surface area contributed by atoms with Crippen molar-refractivity contribution in [1.82, 2.24) is 9.97 Å². The summed E-state index contributed by atoms with van der Waals surface area (Å²) < 4.78 is 0. The van der Waals surface area contributed by atoms with Crippen LogP contribution in [-0.4, -0.2) is 16.5 Å². The number of nitrogens with zero attached hydrogens (tertiary/aromatic N) is 3. The molecule has 1 aromatic carbocycles. The largest absolute Gasteiger partial charge is 0.326 e. The van der Waals surface area contributed by atoms with Crippen molar-refractivity contribution in [3.8, 4) is 0 Å². The van der Waals surface area contributed by atoms with Crippen molar-refractivity contribution in [2.75, 3.05) is 11.4 Å². The summed E-state index contributed by atoms with van der Waals surface area (Å²) in [6, 6.07) is 8.42. The van der Waals surface area contributed by atoms with Gasteiger partial charge in [-0.1, -0.05) is 17.7 Å². The number of anilines is 2. The second kappa shape index (κ2) is 6.02. The molecule has 19 heavy (non-hydrogen) atoms. The molecular weight excluding hydrogens is 258 g/mol. The molecule has 0 atom stereocenters. The molecule has 0 unspecified atom stereocenters. The van der Waals surface area contributed by atoms with Gasteiger partial charge in [-0.15, -0.1) is 11.6 Å². The third-order valence-electron chi connectivity index (χ3n) is 3.02. The number of hydrogen-bond donors (Lipinski definition) is 0. The summed E-state index contributed by atoms with van der Waals surface area (Å²) in [5, 5.41) is 0. The van der Waals surface area contributed by atoms with Crippen LogP contribution in [0.3, 0.4) is 0 Å². The standard InChI is InChI=1S/C15H18ClN3/c1-4-19(14-7-5-11(2)6-8-14)15-13(9-16)10-17-12(3)18-15/h5-8,10H,4,9H2,1-3H3. The molecule has 2 rings (SSSR count). The Morgan fingerprint density at radius 3 is 2.42 bits per heavy atom. The molecule has 0 saturated heterocycles. The second-order valence-electron chi connectivity index (χ2n) is 4.48. The van der Waals surface area contributed by atoms with Gasteiger partial charge in [0.2, 0.25) is 0 Å². The number of alkyl halides is 1. The Bertz CT molecular complexity index is 552. The highest BCUT2D eigenvalue weighted by atomic mass is 35.5. The number of benzene rings is 1. The molecule has 0 spiro atoms. The second-order valence-corrected chi connectivity index (χ2v) is 4.75. The third kappa shape index (κ3) is 3.04. The molecule has 0 aliphatic heterocycles. The minimum Gasteiger partial charge on any atom is -0.326 e. The van der Waals surface area contributed by atoms with Crippen LogP contribution in [-0.2, 0) is 5.88 Å². The summed E-state index contributed by atoms with van der Waals surface area (Å²) >= 11 is 5.99. The van der Waals surface area contributed by atoms with Gasteiger partial charge in [0.05, 0.1) is 5.88 Å². The highest BCUT2D eigenvalue weighted by Gasteiger charge is 2.13. The summed E-state index contributed by atoms with van der Waals surface area (Å²) in [6.07, 6.45) is 1.81. The molecule has 1 heterocycles. The molecule has 0 fully saturated rings. The molecule has 3 nitrogen and oxygen atoms in total. The maximum absolute atomic E-state index is 5.99. The quantitative estimate of drug-likeness (QED) is 0.790. The third-order valence-corrected chi connectivity index (χ3v) is 3.31. The van der Waals surface area contributed by atoms with Crippen molar-refractivity contribution in [2.45, 2.75) is 26.7 Å². The van der Waals surface area contributed by atoms with Gasteiger partial charge in [-0.3, -0.25) is 0 Å². The molecule has 1 aromatic heterocycles. The Morgan fingerprint density at radius 2 is 1.84 bits per heavy atom. The molecule has 0 radical (unpaired) electrons. The molecule has 0 bridgehead atoms. The topological polar surface area (TPSA) is 29.0 Å². The molecule has 2 aromatic rings. The van der Waals surface area contributed by atoms with E-state index >= 15 is 0 Å². The highest BCUT2D eigenvalue weighted by molar-refractivity contribution is 6.17. The summed E-state index contributed by atoms with van der Waals surface area (Å²) in [4.78, 5) is 10.9. The van der Waals surface area contributed by atoms with Crippen molar-refractivity contribution >= 4 is 23.1 Å². The zero-order chi connectivity index (χ0) is 13.8. The minimum atomic E-state index is 0.415. The summed E-state index contributed by atoms with van der Waals surface area (Å²) in [6.45, 7) is 6.92. The Morgan fingerprint density at radius 1 is 1.16 bits per heavy atom. The fraction of sp³-hybridized carbons (Fsp3) is 0.333. The lowest BCUT2D eigenvalue weighted by molar-refractivity contribution is 0.932. The van der Waals surface area contributed by atoms with Crippen molar-refractivity contribution in [1.29, 1.82) is 0 Å². The van der Waals surface area contributed by atoms with E-state index in [0.29, 0.717) is 5.88 Å². The predicted molar refractivity (Wildman–Crippen MR) is 80.2 cm³/mol. The lowest BCUT2D eigenvalue weighted by Crippen LogP contribution is -2.19. The molecule has 0 N–H and O–H groups in total. The Labute approximate surface area is 119 Å². The van der Waals surface area contributed by atoms with Gasteiger partial charge in [0.25, 0.3) is 0 Å². The Kier molecular flexibility index (Phi) is 4.38. The summed E-state index contributed by atoms with van der Waals surface area (Å²) in [5.74, 6) is 2.07. The number of hydrogen-bond acceptors (Lipinski definition) is 3. The summed E-state index contributed by atoms with van der Waals surface area (Å²) in [5.41, 5.74) is 3.32. The van der Waals surface area contributed by atoms with Crippen LogP contribution in [0.1, 0.15) is 23.9 Å². The van der Waals surface area contributed by atoms with Crippen LogP contribution in [0.25, 0.3) is 0 Å². The molecule has 4 heteroatoms. The monoisotopic (exact) mass is 275 g/mol. The van der Waals surface area contributed by atoms with Crippen LogP contribution < -0.4 is 4.90 Å².